The van der Waals surface area contributed by atoms with Crippen molar-refractivity contribution in [3.63, 3.8) is 0 Å². The van der Waals surface area contributed by atoms with E-state index in [9.17, 15) is 4.79 Å². The fraction of sp³-hybridized carbons (Fsp3) is 0.316. The average Bonchev–Trinajstić information content (AvgIpc) is 2.62. The summed E-state index contributed by atoms with van der Waals surface area (Å²) in [6.07, 6.45) is 12.4. The number of nitrogens with one attached hydrogen (secondary N) is 1. The summed E-state index contributed by atoms with van der Waals surface area (Å²) in [6, 6.07) is 10.9. The SMILES string of the molecule is O=C(/C=C/c1cnccn1)NC1CCC(c2ccccc2)CC1. The molecule has 1 saturated carbocycles. The Balaban J connectivity index is 1.47. The van der Waals surface area contributed by atoms with Gasteiger partial charge < -0.3 is 5.32 Å². The van der Waals surface area contributed by atoms with Crippen molar-refractivity contribution in [1.29, 1.82) is 0 Å². The predicted octanol–water partition coefficient (Wildman–Crippen LogP) is 3.33. The van der Waals surface area contributed by atoms with Crippen molar-refractivity contribution in [2.45, 2.75) is 37.6 Å². The summed E-state index contributed by atoms with van der Waals surface area (Å²) >= 11 is 0. The van der Waals surface area contributed by atoms with Crippen LogP contribution < -0.4 is 5.32 Å². The largest absolute Gasteiger partial charge is 0.350 e. The highest BCUT2D eigenvalue weighted by Crippen LogP contribution is 2.32. The first-order valence-electron chi connectivity index (χ1n) is 8.11. The molecule has 0 spiro atoms. The topological polar surface area (TPSA) is 54.9 Å². The normalized spacial score (nSPS) is 21.2. The molecule has 1 aliphatic rings. The summed E-state index contributed by atoms with van der Waals surface area (Å²) < 4.78 is 0. The van der Waals surface area contributed by atoms with Crippen molar-refractivity contribution in [2.24, 2.45) is 0 Å². The van der Waals surface area contributed by atoms with Crippen molar-refractivity contribution in [3.05, 3.63) is 66.3 Å². The third-order valence-electron chi connectivity index (χ3n) is 4.33. The van der Waals surface area contributed by atoms with Crippen molar-refractivity contribution in [1.82, 2.24) is 15.3 Å². The summed E-state index contributed by atoms with van der Waals surface area (Å²) in [7, 11) is 0. The Morgan fingerprint density at radius 2 is 1.87 bits per heavy atom. The van der Waals surface area contributed by atoms with E-state index < -0.39 is 0 Å². The number of carbonyl (C=O) groups is 1. The Labute approximate surface area is 136 Å². The third kappa shape index (κ3) is 4.49. The van der Waals surface area contributed by atoms with E-state index in [0.29, 0.717) is 11.6 Å². The van der Waals surface area contributed by atoms with E-state index in [-0.39, 0.29) is 11.9 Å². The second kappa shape index (κ2) is 7.68. The van der Waals surface area contributed by atoms with E-state index in [2.05, 4.69) is 45.6 Å². The Bertz CT molecular complexity index is 647. The van der Waals surface area contributed by atoms with Crippen molar-refractivity contribution in [2.75, 3.05) is 0 Å². The Morgan fingerprint density at radius 3 is 2.57 bits per heavy atom. The minimum Gasteiger partial charge on any atom is -0.350 e. The van der Waals surface area contributed by atoms with Crippen LogP contribution >= 0.6 is 0 Å². The van der Waals surface area contributed by atoms with Crippen LogP contribution in [0, 0.1) is 0 Å². The highest BCUT2D eigenvalue weighted by atomic mass is 16.1. The van der Waals surface area contributed by atoms with E-state index in [0.717, 1.165) is 25.7 Å². The second-order valence-corrected chi connectivity index (χ2v) is 5.93. The molecular weight excluding hydrogens is 286 g/mol. The minimum absolute atomic E-state index is 0.0567. The van der Waals surface area contributed by atoms with Gasteiger partial charge in [-0.15, -0.1) is 0 Å². The van der Waals surface area contributed by atoms with Crippen LogP contribution in [0.5, 0.6) is 0 Å². The van der Waals surface area contributed by atoms with Gasteiger partial charge in [0.05, 0.1) is 11.9 Å². The predicted molar refractivity (Wildman–Crippen MR) is 90.6 cm³/mol. The van der Waals surface area contributed by atoms with E-state index in [1.54, 1.807) is 24.7 Å². The second-order valence-electron chi connectivity index (χ2n) is 5.93. The summed E-state index contributed by atoms with van der Waals surface area (Å²) in [5.41, 5.74) is 2.11. The first-order chi connectivity index (χ1) is 11.3. The number of aromatic nitrogens is 2. The lowest BCUT2D eigenvalue weighted by Crippen LogP contribution is -2.36. The van der Waals surface area contributed by atoms with Gasteiger partial charge in [-0.2, -0.15) is 0 Å². The Hall–Kier alpha value is -2.49. The van der Waals surface area contributed by atoms with E-state index in [4.69, 9.17) is 0 Å². The molecule has 1 aliphatic carbocycles. The summed E-state index contributed by atoms with van der Waals surface area (Å²) in [5, 5.41) is 3.09. The molecule has 0 atom stereocenters. The van der Waals surface area contributed by atoms with Gasteiger partial charge in [-0.05, 0) is 43.2 Å². The van der Waals surface area contributed by atoms with E-state index in [1.807, 2.05) is 0 Å². The van der Waals surface area contributed by atoms with Crippen LogP contribution in [0.4, 0.5) is 0 Å². The van der Waals surface area contributed by atoms with Gasteiger partial charge in [0.25, 0.3) is 0 Å². The fourth-order valence-electron chi connectivity index (χ4n) is 3.10. The van der Waals surface area contributed by atoms with Gasteiger partial charge in [0.15, 0.2) is 0 Å². The van der Waals surface area contributed by atoms with Crippen LogP contribution in [0.2, 0.25) is 0 Å². The smallest absolute Gasteiger partial charge is 0.244 e. The van der Waals surface area contributed by atoms with Crippen LogP contribution in [0.3, 0.4) is 0 Å². The van der Waals surface area contributed by atoms with Gasteiger partial charge in [-0.3, -0.25) is 14.8 Å². The maximum absolute atomic E-state index is 12.0. The zero-order chi connectivity index (χ0) is 15.9. The lowest BCUT2D eigenvalue weighted by Gasteiger charge is -2.29. The van der Waals surface area contributed by atoms with E-state index in [1.165, 1.54) is 11.6 Å². The third-order valence-corrected chi connectivity index (χ3v) is 4.33. The molecule has 1 fully saturated rings. The standard InChI is InChI=1S/C19H21N3O/c23-19(11-10-18-14-20-12-13-21-18)22-17-8-6-16(7-9-17)15-4-2-1-3-5-15/h1-5,10-14,16-17H,6-9H2,(H,22,23)/b11-10+. The van der Waals surface area contributed by atoms with Crippen LogP contribution in [-0.4, -0.2) is 21.9 Å². The number of nitrogens with zero attached hydrogens (tertiary/aromatic N) is 2. The number of rotatable bonds is 4. The molecule has 2 aromatic rings. The van der Waals surface area contributed by atoms with Gasteiger partial charge in [-0.25, -0.2) is 0 Å². The average molecular weight is 307 g/mol. The van der Waals surface area contributed by atoms with Gasteiger partial charge in [0.1, 0.15) is 0 Å². The van der Waals surface area contributed by atoms with Gasteiger partial charge in [-0.1, -0.05) is 30.3 Å². The van der Waals surface area contributed by atoms with E-state index >= 15 is 0 Å². The molecule has 0 unspecified atom stereocenters. The summed E-state index contributed by atoms with van der Waals surface area (Å²) in [6.45, 7) is 0. The number of carbonyl (C=O) groups excluding carboxylic acids is 1. The molecule has 0 radical (unpaired) electrons. The molecule has 4 heteroatoms. The van der Waals surface area contributed by atoms with Crippen molar-refractivity contribution in [3.8, 4) is 0 Å². The van der Waals surface area contributed by atoms with Crippen molar-refractivity contribution >= 4 is 12.0 Å². The molecule has 0 saturated heterocycles. The van der Waals surface area contributed by atoms with Crippen LogP contribution in [0.1, 0.15) is 42.9 Å². The number of benzene rings is 1. The number of hydrogen-bond acceptors (Lipinski definition) is 3. The molecule has 0 bridgehead atoms. The number of hydrogen-bond donors (Lipinski definition) is 1. The van der Waals surface area contributed by atoms with Crippen molar-refractivity contribution < 1.29 is 4.79 Å². The van der Waals surface area contributed by atoms with Crippen LogP contribution in [0.15, 0.2) is 55.0 Å². The molecule has 0 aliphatic heterocycles. The summed E-state index contributed by atoms with van der Waals surface area (Å²) in [5.74, 6) is 0.568. The molecule has 1 N–H and O–H groups in total. The zero-order valence-corrected chi connectivity index (χ0v) is 13.1. The van der Waals surface area contributed by atoms with Gasteiger partial charge in [0.2, 0.25) is 5.91 Å². The molecular formula is C19H21N3O. The molecule has 1 aromatic heterocycles. The molecule has 1 aromatic carbocycles. The highest BCUT2D eigenvalue weighted by molar-refractivity contribution is 5.91. The quantitative estimate of drug-likeness (QED) is 0.882. The highest BCUT2D eigenvalue weighted by Gasteiger charge is 2.22. The van der Waals surface area contributed by atoms with Crippen LogP contribution in [0.25, 0.3) is 6.08 Å². The molecule has 118 valence electrons. The molecule has 1 heterocycles. The zero-order valence-electron chi connectivity index (χ0n) is 13.1. The lowest BCUT2D eigenvalue weighted by atomic mass is 9.82. The number of amides is 1. The Morgan fingerprint density at radius 1 is 1.09 bits per heavy atom. The first kappa shape index (κ1) is 15.4. The molecule has 23 heavy (non-hydrogen) atoms. The molecule has 1 amide bonds. The minimum atomic E-state index is -0.0567. The van der Waals surface area contributed by atoms with Crippen LogP contribution in [-0.2, 0) is 4.79 Å². The fourth-order valence-corrected chi connectivity index (χ4v) is 3.10. The first-order valence-corrected chi connectivity index (χ1v) is 8.11. The van der Waals surface area contributed by atoms with Gasteiger partial charge in [0, 0.05) is 24.5 Å². The monoisotopic (exact) mass is 307 g/mol. The van der Waals surface area contributed by atoms with Gasteiger partial charge >= 0.3 is 0 Å². The molecule has 4 nitrogen and oxygen atoms in total. The molecule has 3 rings (SSSR count). The Kier molecular flexibility index (Phi) is 5.14. The lowest BCUT2D eigenvalue weighted by molar-refractivity contribution is -0.117. The maximum atomic E-state index is 12.0. The summed E-state index contributed by atoms with van der Waals surface area (Å²) in [4.78, 5) is 20.1. The maximum Gasteiger partial charge on any atom is 0.244 e.